The summed E-state index contributed by atoms with van der Waals surface area (Å²) in [6, 6.07) is 6.29. The van der Waals surface area contributed by atoms with Gasteiger partial charge in [-0.15, -0.1) is 0 Å². The van der Waals surface area contributed by atoms with Gasteiger partial charge in [0.1, 0.15) is 0 Å². The van der Waals surface area contributed by atoms with Crippen LogP contribution in [0.3, 0.4) is 0 Å². The number of benzene rings is 1. The third kappa shape index (κ3) is 3.63. The van der Waals surface area contributed by atoms with Crippen LogP contribution in [0.4, 0.5) is 0 Å². The van der Waals surface area contributed by atoms with E-state index in [0.717, 1.165) is 36.6 Å². The van der Waals surface area contributed by atoms with E-state index >= 15 is 0 Å². The highest BCUT2D eigenvalue weighted by atomic mass is 35.5. The van der Waals surface area contributed by atoms with Gasteiger partial charge >= 0.3 is 0 Å². The fraction of sp³-hybridized carbons (Fsp3) is 0.600. The predicted octanol–water partition coefficient (Wildman–Crippen LogP) is 3.96. The fourth-order valence-electron chi connectivity index (χ4n) is 2.50. The Balaban J connectivity index is 2.12. The van der Waals surface area contributed by atoms with Crippen LogP contribution in [-0.4, -0.2) is 29.6 Å². The topological polar surface area (TPSA) is 15.3 Å². The second kappa shape index (κ2) is 6.01. The Morgan fingerprint density at radius 3 is 2.79 bits per heavy atom. The average molecular weight is 301 g/mol. The molecule has 0 saturated carbocycles. The van der Waals surface area contributed by atoms with Gasteiger partial charge in [0.25, 0.3) is 0 Å². The third-order valence-corrected chi connectivity index (χ3v) is 4.76. The van der Waals surface area contributed by atoms with Crippen molar-refractivity contribution in [3.05, 3.63) is 33.8 Å². The number of nitrogens with zero attached hydrogens (tertiary/aromatic N) is 1. The van der Waals surface area contributed by atoms with E-state index < -0.39 is 0 Å². The molecule has 1 saturated heterocycles. The molecule has 1 heterocycles. The molecule has 106 valence electrons. The molecule has 1 aromatic carbocycles. The molecular weight excluding hydrogens is 279 g/mol. The average Bonchev–Trinajstić information content (AvgIpc) is 2.37. The molecule has 2 nitrogen and oxygen atoms in total. The lowest BCUT2D eigenvalue weighted by Gasteiger charge is -2.45. The first-order valence-corrected chi connectivity index (χ1v) is 7.62. The minimum atomic E-state index is 0.200. The van der Waals surface area contributed by atoms with Crippen molar-refractivity contribution in [2.75, 3.05) is 13.1 Å². The van der Waals surface area contributed by atoms with E-state index in [0.29, 0.717) is 11.1 Å². The maximum atomic E-state index is 6.27. The standard InChI is InChI=1S/C15H22Cl2N2/c1-4-15(3)10-19(11(2)8-18-15)9-12-5-6-13(16)7-14(12)17/h5-7,11,18H,4,8-10H2,1-3H3. The molecule has 2 rings (SSSR count). The Bertz CT molecular complexity index is 450. The first-order valence-electron chi connectivity index (χ1n) is 6.86. The van der Waals surface area contributed by atoms with Crippen LogP contribution in [0.5, 0.6) is 0 Å². The number of piperazine rings is 1. The summed E-state index contributed by atoms with van der Waals surface area (Å²) in [7, 11) is 0. The van der Waals surface area contributed by atoms with Gasteiger partial charge in [-0.05, 0) is 38.0 Å². The molecule has 1 fully saturated rings. The lowest BCUT2D eigenvalue weighted by Crippen LogP contribution is -2.61. The lowest BCUT2D eigenvalue weighted by atomic mass is 9.93. The molecular formula is C15H22Cl2N2. The number of hydrogen-bond donors (Lipinski definition) is 1. The summed E-state index contributed by atoms with van der Waals surface area (Å²) in [4.78, 5) is 2.50. The summed E-state index contributed by atoms with van der Waals surface area (Å²) in [5.41, 5.74) is 1.35. The Labute approximate surface area is 126 Å². The molecule has 1 N–H and O–H groups in total. The van der Waals surface area contributed by atoms with Crippen molar-refractivity contribution in [1.82, 2.24) is 10.2 Å². The van der Waals surface area contributed by atoms with Crippen LogP contribution >= 0.6 is 23.2 Å². The largest absolute Gasteiger partial charge is 0.309 e. The molecule has 0 aliphatic carbocycles. The van der Waals surface area contributed by atoms with Crippen molar-refractivity contribution < 1.29 is 0 Å². The van der Waals surface area contributed by atoms with E-state index in [1.54, 1.807) is 0 Å². The SMILES string of the molecule is CCC1(C)CN(Cc2ccc(Cl)cc2Cl)C(C)CN1. The Kier molecular flexibility index (Phi) is 4.78. The summed E-state index contributed by atoms with van der Waals surface area (Å²) in [6.45, 7) is 9.73. The Hall–Kier alpha value is -0.280. The molecule has 0 amide bonds. The van der Waals surface area contributed by atoms with Gasteiger partial charge in [-0.25, -0.2) is 0 Å². The summed E-state index contributed by atoms with van der Waals surface area (Å²) >= 11 is 12.2. The Morgan fingerprint density at radius 1 is 1.42 bits per heavy atom. The smallest absolute Gasteiger partial charge is 0.0465 e. The molecule has 0 spiro atoms. The molecule has 2 atom stereocenters. The minimum absolute atomic E-state index is 0.200. The van der Waals surface area contributed by atoms with E-state index in [1.165, 1.54) is 0 Å². The molecule has 1 aromatic rings. The van der Waals surface area contributed by atoms with Crippen LogP contribution in [0.1, 0.15) is 32.8 Å². The molecule has 1 aliphatic rings. The van der Waals surface area contributed by atoms with Gasteiger partial charge in [0.2, 0.25) is 0 Å². The van der Waals surface area contributed by atoms with Crippen molar-refractivity contribution in [2.24, 2.45) is 0 Å². The van der Waals surface area contributed by atoms with Gasteiger partial charge in [-0.2, -0.15) is 0 Å². The molecule has 0 radical (unpaired) electrons. The van der Waals surface area contributed by atoms with Crippen LogP contribution in [0.15, 0.2) is 18.2 Å². The van der Waals surface area contributed by atoms with Crippen molar-refractivity contribution in [2.45, 2.75) is 45.3 Å². The van der Waals surface area contributed by atoms with Crippen molar-refractivity contribution >= 4 is 23.2 Å². The zero-order chi connectivity index (χ0) is 14.0. The molecule has 0 aromatic heterocycles. The quantitative estimate of drug-likeness (QED) is 0.909. The maximum Gasteiger partial charge on any atom is 0.0465 e. The van der Waals surface area contributed by atoms with E-state index in [4.69, 9.17) is 23.2 Å². The van der Waals surface area contributed by atoms with E-state index in [1.807, 2.05) is 18.2 Å². The van der Waals surface area contributed by atoms with Crippen LogP contribution in [0.2, 0.25) is 10.0 Å². The van der Waals surface area contributed by atoms with Crippen molar-refractivity contribution in [1.29, 1.82) is 0 Å². The zero-order valence-corrected chi connectivity index (χ0v) is 13.4. The molecule has 4 heteroatoms. The normalized spacial score (nSPS) is 28.6. The maximum absolute atomic E-state index is 6.27. The highest BCUT2D eigenvalue weighted by molar-refractivity contribution is 6.35. The number of hydrogen-bond acceptors (Lipinski definition) is 2. The predicted molar refractivity (Wildman–Crippen MR) is 83.0 cm³/mol. The molecule has 1 aliphatic heterocycles. The van der Waals surface area contributed by atoms with Gasteiger partial charge in [0.05, 0.1) is 0 Å². The Morgan fingerprint density at radius 2 is 2.16 bits per heavy atom. The van der Waals surface area contributed by atoms with Gasteiger partial charge < -0.3 is 5.32 Å². The summed E-state index contributed by atoms with van der Waals surface area (Å²) in [6.07, 6.45) is 1.13. The van der Waals surface area contributed by atoms with Gasteiger partial charge in [0, 0.05) is 41.3 Å². The monoisotopic (exact) mass is 300 g/mol. The van der Waals surface area contributed by atoms with Gasteiger partial charge in [-0.3, -0.25) is 4.90 Å². The summed E-state index contributed by atoms with van der Waals surface area (Å²) in [5, 5.41) is 5.09. The minimum Gasteiger partial charge on any atom is -0.309 e. The third-order valence-electron chi connectivity index (χ3n) is 4.17. The van der Waals surface area contributed by atoms with E-state index in [-0.39, 0.29) is 5.54 Å². The first kappa shape index (κ1) is 15.1. The van der Waals surface area contributed by atoms with Gasteiger partial charge in [-0.1, -0.05) is 36.2 Å². The first-order chi connectivity index (χ1) is 8.93. The number of nitrogens with one attached hydrogen (secondary N) is 1. The molecule has 19 heavy (non-hydrogen) atoms. The van der Waals surface area contributed by atoms with Crippen LogP contribution < -0.4 is 5.32 Å². The second-order valence-corrected chi connectivity index (χ2v) is 6.63. The zero-order valence-electron chi connectivity index (χ0n) is 11.8. The second-order valence-electron chi connectivity index (χ2n) is 5.78. The van der Waals surface area contributed by atoms with Crippen molar-refractivity contribution in [3.63, 3.8) is 0 Å². The van der Waals surface area contributed by atoms with Gasteiger partial charge in [0.15, 0.2) is 0 Å². The van der Waals surface area contributed by atoms with E-state index in [2.05, 4.69) is 31.0 Å². The van der Waals surface area contributed by atoms with Crippen LogP contribution in [-0.2, 0) is 6.54 Å². The van der Waals surface area contributed by atoms with Crippen LogP contribution in [0, 0.1) is 0 Å². The summed E-state index contributed by atoms with van der Waals surface area (Å²) < 4.78 is 0. The van der Waals surface area contributed by atoms with E-state index in [9.17, 15) is 0 Å². The van der Waals surface area contributed by atoms with Crippen LogP contribution in [0.25, 0.3) is 0 Å². The molecule has 2 unspecified atom stereocenters. The van der Waals surface area contributed by atoms with Crippen molar-refractivity contribution in [3.8, 4) is 0 Å². The number of halogens is 2. The lowest BCUT2D eigenvalue weighted by molar-refractivity contribution is 0.0866. The summed E-state index contributed by atoms with van der Waals surface area (Å²) in [5.74, 6) is 0. The highest BCUT2D eigenvalue weighted by Crippen LogP contribution is 2.25. The molecule has 0 bridgehead atoms. The fourth-order valence-corrected chi connectivity index (χ4v) is 2.97. The number of rotatable bonds is 3. The highest BCUT2D eigenvalue weighted by Gasteiger charge is 2.32.